The maximum Gasteiger partial charge on any atom is 0.325 e. The third-order valence-corrected chi connectivity index (χ3v) is 1.61. The highest BCUT2D eigenvalue weighted by Gasteiger charge is 2.18. The number of nitrogens with two attached hydrogens (primary N) is 1. The first-order valence-electron chi connectivity index (χ1n) is 3.52. The molecule has 0 saturated heterocycles. The van der Waals surface area contributed by atoms with Crippen molar-refractivity contribution >= 4 is 5.97 Å². The van der Waals surface area contributed by atoms with E-state index in [1.54, 1.807) is 0 Å². The molecule has 0 amide bonds. The molecule has 70 valence electrons. The lowest BCUT2D eigenvalue weighted by atomic mass is 10.1. The molecule has 0 aliphatic rings. The summed E-state index contributed by atoms with van der Waals surface area (Å²) >= 11 is 0. The Morgan fingerprint density at radius 1 is 1.38 bits per heavy atom. The summed E-state index contributed by atoms with van der Waals surface area (Å²) in [6, 6.07) is 2.22. The van der Waals surface area contributed by atoms with Gasteiger partial charge in [0.1, 0.15) is 17.5 Å². The summed E-state index contributed by atoms with van der Waals surface area (Å²) < 4.78 is 0. The van der Waals surface area contributed by atoms with E-state index in [4.69, 9.17) is 15.9 Å². The van der Waals surface area contributed by atoms with Gasteiger partial charge in [0, 0.05) is 5.56 Å². The van der Waals surface area contributed by atoms with Gasteiger partial charge in [0.15, 0.2) is 0 Å². The average Bonchev–Trinajstić information content (AvgIpc) is 2.08. The molecular weight excluding hydrogens is 174 g/mol. The molecule has 1 unspecified atom stereocenters. The highest BCUT2D eigenvalue weighted by Crippen LogP contribution is 2.26. The van der Waals surface area contributed by atoms with E-state index in [1.165, 1.54) is 12.1 Å². The minimum Gasteiger partial charge on any atom is -0.508 e. The molecule has 1 aromatic carbocycles. The van der Waals surface area contributed by atoms with Gasteiger partial charge in [0.25, 0.3) is 0 Å². The molecule has 0 aliphatic carbocycles. The molecule has 0 aliphatic heterocycles. The number of carbonyl (C=O) groups is 1. The number of phenolic OH excluding ortho intramolecular Hbond substituents is 2. The number of aromatic hydroxyl groups is 2. The van der Waals surface area contributed by atoms with Crippen LogP contribution in [-0.4, -0.2) is 21.3 Å². The number of carboxylic acid groups (broad SMARTS) is 1. The standard InChI is InChI=1S/C8H9NO4/c9-7(8(12)13)5-3-4(10)1-2-6(5)11/h1-3,7,10-11H,9H2,(H,12,13). The van der Waals surface area contributed by atoms with E-state index in [9.17, 15) is 9.90 Å². The molecule has 0 saturated carbocycles. The Hall–Kier alpha value is -1.75. The number of phenols is 2. The first-order valence-corrected chi connectivity index (χ1v) is 3.52. The molecule has 5 nitrogen and oxygen atoms in total. The second kappa shape index (κ2) is 3.32. The van der Waals surface area contributed by atoms with Crippen molar-refractivity contribution in [2.75, 3.05) is 0 Å². The van der Waals surface area contributed by atoms with Crippen LogP contribution in [0.15, 0.2) is 18.2 Å². The van der Waals surface area contributed by atoms with Gasteiger partial charge >= 0.3 is 5.97 Å². The minimum atomic E-state index is -1.33. The Morgan fingerprint density at radius 3 is 2.54 bits per heavy atom. The first kappa shape index (κ1) is 9.34. The van der Waals surface area contributed by atoms with Crippen molar-refractivity contribution in [2.24, 2.45) is 5.73 Å². The van der Waals surface area contributed by atoms with Gasteiger partial charge in [-0.05, 0) is 18.2 Å². The van der Waals surface area contributed by atoms with Crippen molar-refractivity contribution < 1.29 is 20.1 Å². The number of aliphatic carboxylic acids is 1. The molecule has 1 atom stereocenters. The highest BCUT2D eigenvalue weighted by atomic mass is 16.4. The van der Waals surface area contributed by atoms with Crippen LogP contribution in [0.4, 0.5) is 0 Å². The van der Waals surface area contributed by atoms with Crippen molar-refractivity contribution in [2.45, 2.75) is 6.04 Å². The van der Waals surface area contributed by atoms with E-state index in [1.807, 2.05) is 0 Å². The van der Waals surface area contributed by atoms with E-state index in [0.29, 0.717) is 0 Å². The van der Waals surface area contributed by atoms with Crippen molar-refractivity contribution in [3.05, 3.63) is 23.8 Å². The maximum atomic E-state index is 10.4. The van der Waals surface area contributed by atoms with Gasteiger partial charge in [-0.2, -0.15) is 0 Å². The Kier molecular flexibility index (Phi) is 2.39. The number of benzene rings is 1. The number of rotatable bonds is 2. The zero-order chi connectivity index (χ0) is 10.0. The SMILES string of the molecule is NC(C(=O)O)c1cc(O)ccc1O. The van der Waals surface area contributed by atoms with Gasteiger partial charge < -0.3 is 21.1 Å². The van der Waals surface area contributed by atoms with E-state index in [2.05, 4.69) is 0 Å². The van der Waals surface area contributed by atoms with E-state index in [-0.39, 0.29) is 17.1 Å². The van der Waals surface area contributed by atoms with Gasteiger partial charge in [0.2, 0.25) is 0 Å². The fourth-order valence-corrected chi connectivity index (χ4v) is 0.924. The topological polar surface area (TPSA) is 104 Å². The van der Waals surface area contributed by atoms with Crippen molar-refractivity contribution in [1.29, 1.82) is 0 Å². The average molecular weight is 183 g/mol. The summed E-state index contributed by atoms with van der Waals surface area (Å²) in [5.74, 6) is -1.64. The van der Waals surface area contributed by atoms with Crippen LogP contribution in [0.1, 0.15) is 11.6 Å². The summed E-state index contributed by atoms with van der Waals surface area (Å²) in [6.45, 7) is 0. The molecule has 13 heavy (non-hydrogen) atoms. The van der Waals surface area contributed by atoms with Crippen LogP contribution in [-0.2, 0) is 4.79 Å². The lowest BCUT2D eigenvalue weighted by Crippen LogP contribution is -2.20. The van der Waals surface area contributed by atoms with Crippen LogP contribution in [0.5, 0.6) is 11.5 Å². The van der Waals surface area contributed by atoms with Crippen LogP contribution in [0.3, 0.4) is 0 Å². The van der Waals surface area contributed by atoms with Gasteiger partial charge in [-0.15, -0.1) is 0 Å². The molecule has 1 rings (SSSR count). The van der Waals surface area contributed by atoms with Crippen LogP contribution in [0, 0.1) is 0 Å². The van der Waals surface area contributed by atoms with E-state index in [0.717, 1.165) is 6.07 Å². The zero-order valence-electron chi connectivity index (χ0n) is 6.64. The van der Waals surface area contributed by atoms with Gasteiger partial charge in [-0.25, -0.2) is 0 Å². The third-order valence-electron chi connectivity index (χ3n) is 1.61. The Balaban J connectivity index is 3.12. The number of hydrogen-bond acceptors (Lipinski definition) is 4. The molecule has 0 aromatic heterocycles. The molecule has 0 heterocycles. The lowest BCUT2D eigenvalue weighted by Gasteiger charge is -2.08. The Labute approximate surface area is 74.0 Å². The van der Waals surface area contributed by atoms with E-state index < -0.39 is 12.0 Å². The van der Waals surface area contributed by atoms with Crippen LogP contribution in [0.2, 0.25) is 0 Å². The van der Waals surface area contributed by atoms with Crippen molar-refractivity contribution in [3.63, 3.8) is 0 Å². The van der Waals surface area contributed by atoms with Gasteiger partial charge in [0.05, 0.1) is 0 Å². The van der Waals surface area contributed by atoms with Crippen LogP contribution in [0.25, 0.3) is 0 Å². The number of hydrogen-bond donors (Lipinski definition) is 4. The smallest absolute Gasteiger partial charge is 0.325 e. The molecular formula is C8H9NO4. The first-order chi connectivity index (χ1) is 6.02. The van der Waals surface area contributed by atoms with Crippen LogP contribution >= 0.6 is 0 Å². The predicted molar refractivity (Wildman–Crippen MR) is 44.3 cm³/mol. The summed E-state index contributed by atoms with van der Waals surface area (Å²) in [5, 5.41) is 26.7. The third kappa shape index (κ3) is 1.88. The quantitative estimate of drug-likeness (QED) is 0.490. The second-order valence-corrected chi connectivity index (χ2v) is 2.56. The maximum absolute atomic E-state index is 10.4. The molecule has 0 spiro atoms. The van der Waals surface area contributed by atoms with Crippen LogP contribution < -0.4 is 5.73 Å². The minimum absolute atomic E-state index is 0.00694. The Morgan fingerprint density at radius 2 is 2.00 bits per heavy atom. The predicted octanol–water partition coefficient (Wildman–Crippen LogP) is 0.182. The monoisotopic (exact) mass is 183 g/mol. The Bertz CT molecular complexity index is 337. The summed E-state index contributed by atoms with van der Waals surface area (Å²) in [5.41, 5.74) is 5.23. The van der Waals surface area contributed by atoms with Gasteiger partial charge in [-0.3, -0.25) is 4.79 Å². The fourth-order valence-electron chi connectivity index (χ4n) is 0.924. The highest BCUT2D eigenvalue weighted by molar-refractivity contribution is 5.76. The molecule has 0 fully saturated rings. The zero-order valence-corrected chi connectivity index (χ0v) is 6.64. The normalized spacial score (nSPS) is 12.4. The molecule has 0 bridgehead atoms. The van der Waals surface area contributed by atoms with Gasteiger partial charge in [-0.1, -0.05) is 0 Å². The molecule has 1 aromatic rings. The largest absolute Gasteiger partial charge is 0.508 e. The summed E-state index contributed by atoms with van der Waals surface area (Å²) in [4.78, 5) is 10.4. The second-order valence-electron chi connectivity index (χ2n) is 2.56. The summed E-state index contributed by atoms with van der Waals surface area (Å²) in [6.07, 6.45) is 0. The molecule has 0 radical (unpaired) electrons. The molecule has 5 N–H and O–H groups in total. The number of carboxylic acids is 1. The fraction of sp³-hybridized carbons (Fsp3) is 0.125. The van der Waals surface area contributed by atoms with E-state index >= 15 is 0 Å². The lowest BCUT2D eigenvalue weighted by molar-refractivity contribution is -0.138. The molecule has 5 heteroatoms. The summed E-state index contributed by atoms with van der Waals surface area (Å²) in [7, 11) is 0. The van der Waals surface area contributed by atoms with Crippen molar-refractivity contribution in [3.8, 4) is 11.5 Å². The van der Waals surface area contributed by atoms with Crippen molar-refractivity contribution in [1.82, 2.24) is 0 Å².